The van der Waals surface area contributed by atoms with Gasteiger partial charge >= 0.3 is 0 Å². The summed E-state index contributed by atoms with van der Waals surface area (Å²) in [6.45, 7) is 8.37. The molecule has 0 heterocycles. The summed E-state index contributed by atoms with van der Waals surface area (Å²) in [6.07, 6.45) is 5.35. The van der Waals surface area contributed by atoms with Crippen molar-refractivity contribution in [2.24, 2.45) is 11.3 Å². The highest BCUT2D eigenvalue weighted by Gasteiger charge is 2.24. The minimum Gasteiger partial charge on any atom is -0.298 e. The summed E-state index contributed by atoms with van der Waals surface area (Å²) in [4.78, 5) is 11.8. The molecule has 0 aromatic rings. The summed E-state index contributed by atoms with van der Waals surface area (Å²) in [7, 11) is 0. The summed E-state index contributed by atoms with van der Waals surface area (Å²) < 4.78 is 0. The zero-order valence-electron chi connectivity index (χ0n) is 10.5. The van der Waals surface area contributed by atoms with Crippen molar-refractivity contribution in [3.63, 3.8) is 0 Å². The Labute approximate surface area is 98.4 Å². The third-order valence-corrected chi connectivity index (χ3v) is 4.50. The van der Waals surface area contributed by atoms with Gasteiger partial charge in [-0.05, 0) is 18.8 Å². The summed E-state index contributed by atoms with van der Waals surface area (Å²) >= 11 is 1.89. The van der Waals surface area contributed by atoms with Gasteiger partial charge in [0.2, 0.25) is 0 Å². The molecule has 0 bridgehead atoms. The summed E-state index contributed by atoms with van der Waals surface area (Å²) in [5.74, 6) is 1.97. The largest absolute Gasteiger partial charge is 0.298 e. The molecule has 1 aliphatic rings. The Balaban J connectivity index is 2.28. The first-order valence-corrected chi connectivity index (χ1v) is 7.09. The van der Waals surface area contributed by atoms with Crippen LogP contribution in [0.1, 0.15) is 53.4 Å². The van der Waals surface area contributed by atoms with Crippen LogP contribution in [0, 0.1) is 11.3 Å². The van der Waals surface area contributed by atoms with Crippen LogP contribution >= 0.6 is 11.8 Å². The van der Waals surface area contributed by atoms with E-state index in [4.69, 9.17) is 0 Å². The average Bonchev–Trinajstić information content (AvgIpc) is 2.12. The molecule has 0 aromatic carbocycles. The van der Waals surface area contributed by atoms with Crippen molar-refractivity contribution in [2.75, 3.05) is 5.75 Å². The Morgan fingerprint density at radius 1 is 1.33 bits per heavy atom. The highest BCUT2D eigenvalue weighted by Crippen LogP contribution is 2.32. The van der Waals surface area contributed by atoms with Gasteiger partial charge in [0.25, 0.3) is 0 Å². The van der Waals surface area contributed by atoms with Gasteiger partial charge in [-0.3, -0.25) is 4.79 Å². The predicted molar refractivity (Wildman–Crippen MR) is 68.3 cm³/mol. The van der Waals surface area contributed by atoms with Crippen LogP contribution in [0.4, 0.5) is 0 Å². The topological polar surface area (TPSA) is 17.1 Å². The molecule has 0 saturated heterocycles. The number of hydrogen-bond acceptors (Lipinski definition) is 2. The number of ketones is 1. The number of Topliss-reactive ketones (excluding diaryl/α,β-unsaturated/α-hetero) is 1. The lowest BCUT2D eigenvalue weighted by molar-refractivity contribution is -0.123. The highest BCUT2D eigenvalue weighted by atomic mass is 32.2. The summed E-state index contributed by atoms with van der Waals surface area (Å²) in [6, 6.07) is 0. The molecule has 1 nitrogen and oxygen atoms in total. The molecule has 15 heavy (non-hydrogen) atoms. The minimum absolute atomic E-state index is 0.159. The van der Waals surface area contributed by atoms with Crippen molar-refractivity contribution in [2.45, 2.75) is 58.6 Å². The van der Waals surface area contributed by atoms with Crippen LogP contribution < -0.4 is 0 Å². The lowest BCUT2D eigenvalue weighted by Gasteiger charge is -2.27. The first-order valence-electron chi connectivity index (χ1n) is 6.04. The molecule has 2 unspecified atom stereocenters. The van der Waals surface area contributed by atoms with Crippen LogP contribution in [0.15, 0.2) is 0 Å². The van der Waals surface area contributed by atoms with E-state index in [2.05, 4.69) is 6.92 Å². The molecule has 0 radical (unpaired) electrons. The molecule has 2 heteroatoms. The van der Waals surface area contributed by atoms with Crippen molar-refractivity contribution in [3.05, 3.63) is 0 Å². The van der Waals surface area contributed by atoms with E-state index in [1.54, 1.807) is 0 Å². The zero-order chi connectivity index (χ0) is 11.5. The molecule has 0 aromatic heterocycles. The van der Waals surface area contributed by atoms with Crippen LogP contribution in [0.5, 0.6) is 0 Å². The molecule has 0 aliphatic heterocycles. The van der Waals surface area contributed by atoms with Crippen molar-refractivity contribution in [1.29, 1.82) is 0 Å². The van der Waals surface area contributed by atoms with E-state index in [1.165, 1.54) is 25.7 Å². The van der Waals surface area contributed by atoms with E-state index in [1.807, 2.05) is 32.5 Å². The Morgan fingerprint density at radius 2 is 2.00 bits per heavy atom. The Morgan fingerprint density at radius 3 is 2.53 bits per heavy atom. The third kappa shape index (κ3) is 4.58. The second-order valence-electron chi connectivity index (χ2n) is 5.88. The second kappa shape index (κ2) is 5.38. The maximum absolute atomic E-state index is 11.8. The van der Waals surface area contributed by atoms with Crippen molar-refractivity contribution >= 4 is 17.5 Å². The molecular weight excluding hydrogens is 204 g/mol. The molecule has 0 spiro atoms. The van der Waals surface area contributed by atoms with Gasteiger partial charge in [-0.15, -0.1) is 0 Å². The predicted octanol–water partition coefficient (Wildman–Crippen LogP) is 3.91. The van der Waals surface area contributed by atoms with Crippen LogP contribution in [0.3, 0.4) is 0 Å². The Kier molecular flexibility index (Phi) is 4.69. The maximum atomic E-state index is 11.8. The first-order chi connectivity index (χ1) is 6.89. The van der Waals surface area contributed by atoms with Crippen LogP contribution in [0.25, 0.3) is 0 Å². The molecular formula is C13H24OS. The molecule has 88 valence electrons. The van der Waals surface area contributed by atoms with Gasteiger partial charge in [-0.2, -0.15) is 11.8 Å². The van der Waals surface area contributed by atoms with Crippen molar-refractivity contribution in [3.8, 4) is 0 Å². The van der Waals surface area contributed by atoms with E-state index in [-0.39, 0.29) is 5.41 Å². The molecule has 1 aliphatic carbocycles. The van der Waals surface area contributed by atoms with Gasteiger partial charge in [-0.1, -0.05) is 40.5 Å². The monoisotopic (exact) mass is 228 g/mol. The van der Waals surface area contributed by atoms with Crippen molar-refractivity contribution < 1.29 is 4.79 Å². The lowest BCUT2D eigenvalue weighted by atomic mass is 9.90. The Hall–Kier alpha value is 0.0200. The minimum atomic E-state index is -0.159. The fourth-order valence-corrected chi connectivity index (χ4v) is 3.56. The van der Waals surface area contributed by atoms with Crippen LogP contribution in [0.2, 0.25) is 0 Å². The van der Waals surface area contributed by atoms with Gasteiger partial charge in [-0.25, -0.2) is 0 Å². The van der Waals surface area contributed by atoms with E-state index in [0.29, 0.717) is 11.5 Å². The SMILES string of the molecule is CC1CCCC(SCC(=O)C(C)(C)C)C1. The molecule has 0 amide bonds. The van der Waals surface area contributed by atoms with Crippen LogP contribution in [-0.4, -0.2) is 16.8 Å². The number of hydrogen-bond donors (Lipinski definition) is 0. The van der Waals surface area contributed by atoms with E-state index >= 15 is 0 Å². The number of thioether (sulfide) groups is 1. The second-order valence-corrected chi connectivity index (χ2v) is 7.17. The number of carbonyl (C=O) groups excluding carboxylic acids is 1. The molecule has 0 N–H and O–H groups in total. The fourth-order valence-electron chi connectivity index (χ4n) is 1.94. The van der Waals surface area contributed by atoms with E-state index < -0.39 is 0 Å². The Bertz CT molecular complexity index is 217. The van der Waals surface area contributed by atoms with Gasteiger partial charge in [0, 0.05) is 10.7 Å². The maximum Gasteiger partial charge on any atom is 0.148 e. The average molecular weight is 228 g/mol. The molecule has 2 atom stereocenters. The molecule has 1 rings (SSSR count). The highest BCUT2D eigenvalue weighted by molar-refractivity contribution is 8.00. The third-order valence-electron chi connectivity index (χ3n) is 3.17. The lowest BCUT2D eigenvalue weighted by Crippen LogP contribution is -2.24. The van der Waals surface area contributed by atoms with Gasteiger partial charge in [0.15, 0.2) is 0 Å². The molecule has 1 saturated carbocycles. The van der Waals surface area contributed by atoms with Gasteiger partial charge in [0.1, 0.15) is 5.78 Å². The molecule has 1 fully saturated rings. The standard InChI is InChI=1S/C13H24OS/c1-10-6-5-7-11(8-10)15-9-12(14)13(2,3)4/h10-11H,5-9H2,1-4H3. The van der Waals surface area contributed by atoms with Crippen molar-refractivity contribution in [1.82, 2.24) is 0 Å². The summed E-state index contributed by atoms with van der Waals surface area (Å²) in [5, 5.41) is 0.736. The van der Waals surface area contributed by atoms with Crippen LogP contribution in [-0.2, 0) is 4.79 Å². The van der Waals surface area contributed by atoms with Gasteiger partial charge in [0.05, 0.1) is 5.75 Å². The normalized spacial score (nSPS) is 27.7. The van der Waals surface area contributed by atoms with E-state index in [0.717, 1.165) is 11.2 Å². The first kappa shape index (κ1) is 13.1. The van der Waals surface area contributed by atoms with Gasteiger partial charge < -0.3 is 0 Å². The smallest absolute Gasteiger partial charge is 0.148 e. The number of carbonyl (C=O) groups is 1. The summed E-state index contributed by atoms with van der Waals surface area (Å²) in [5.41, 5.74) is -0.159. The fraction of sp³-hybridized carbons (Fsp3) is 0.923. The zero-order valence-corrected chi connectivity index (χ0v) is 11.3. The van der Waals surface area contributed by atoms with E-state index in [9.17, 15) is 4.79 Å². The number of rotatable bonds is 3. The quantitative estimate of drug-likeness (QED) is 0.728.